The lowest BCUT2D eigenvalue weighted by Crippen LogP contribution is -2.02. The molecule has 0 unspecified atom stereocenters. The molecule has 0 N–H and O–H groups in total. The van der Waals surface area contributed by atoms with Gasteiger partial charge < -0.3 is 0 Å². The highest BCUT2D eigenvalue weighted by Gasteiger charge is 2.27. The molecule has 0 atom stereocenters. The molecule has 1 aromatic rings. The number of rotatable bonds is 3. The molecule has 1 rings (SSSR count). The highest BCUT2D eigenvalue weighted by molar-refractivity contribution is 8.00. The Labute approximate surface area is 89.4 Å². The maximum atomic E-state index is 11.8. The van der Waals surface area contributed by atoms with Gasteiger partial charge in [0, 0.05) is 10.8 Å². The number of benzene rings is 1. The fraction of sp³-hybridized carbons (Fsp3) is 0.333. The minimum atomic E-state index is -4.15. The van der Waals surface area contributed by atoms with Crippen molar-refractivity contribution in [3.05, 3.63) is 34.9 Å². The van der Waals surface area contributed by atoms with E-state index in [1.54, 1.807) is 18.2 Å². The second-order valence-corrected chi connectivity index (χ2v) is 4.17. The van der Waals surface area contributed by atoms with Gasteiger partial charge in [-0.05, 0) is 30.2 Å². The van der Waals surface area contributed by atoms with Crippen molar-refractivity contribution < 1.29 is 13.2 Å². The fourth-order valence-electron chi connectivity index (χ4n) is 0.906. The van der Waals surface area contributed by atoms with E-state index in [1.165, 1.54) is 0 Å². The van der Waals surface area contributed by atoms with Gasteiger partial charge in [0.1, 0.15) is 0 Å². The summed E-state index contributed by atoms with van der Waals surface area (Å²) in [7, 11) is 0. The molecule has 1 aromatic carbocycles. The quantitative estimate of drug-likeness (QED) is 0.770. The van der Waals surface area contributed by atoms with Gasteiger partial charge in [0.25, 0.3) is 0 Å². The summed E-state index contributed by atoms with van der Waals surface area (Å²) in [5.41, 5.74) is -3.45. The van der Waals surface area contributed by atoms with Crippen LogP contribution >= 0.6 is 23.4 Å². The van der Waals surface area contributed by atoms with Gasteiger partial charge in [0.05, 0.1) is 0 Å². The van der Waals surface area contributed by atoms with Crippen molar-refractivity contribution in [2.24, 2.45) is 0 Å². The van der Waals surface area contributed by atoms with Gasteiger partial charge in [-0.3, -0.25) is 0 Å². The smallest absolute Gasteiger partial charge is 0.160 e. The van der Waals surface area contributed by atoms with Crippen LogP contribution in [0.2, 0.25) is 5.02 Å². The summed E-state index contributed by atoms with van der Waals surface area (Å²) in [6.07, 6.45) is 0.324. The van der Waals surface area contributed by atoms with E-state index in [1.807, 2.05) is 0 Å². The standard InChI is InChI=1S/C9H7ClF3S/c10-8-3-1-2-7(6-8)4-5-14-9(11,12)13/h1,3,6H,4-5H2. The molecule has 0 fully saturated rings. The second kappa shape index (κ2) is 4.94. The molecule has 0 nitrogen and oxygen atoms in total. The molecule has 0 aliphatic rings. The average Bonchev–Trinajstić information content (AvgIpc) is 2.01. The van der Waals surface area contributed by atoms with Crippen molar-refractivity contribution >= 4 is 23.4 Å². The van der Waals surface area contributed by atoms with Crippen molar-refractivity contribution in [3.63, 3.8) is 0 Å². The Bertz CT molecular complexity index is 298. The summed E-state index contributed by atoms with van der Waals surface area (Å²) in [6.45, 7) is 0. The number of thioether (sulfide) groups is 1. The third-order valence-electron chi connectivity index (χ3n) is 1.46. The molecule has 0 saturated heterocycles. The first-order valence-electron chi connectivity index (χ1n) is 3.84. The molecule has 77 valence electrons. The van der Waals surface area contributed by atoms with Crippen LogP contribution in [0.5, 0.6) is 0 Å². The van der Waals surface area contributed by atoms with Crippen LogP contribution in [0.15, 0.2) is 18.2 Å². The molecule has 0 aromatic heterocycles. The molecule has 1 radical (unpaired) electrons. The minimum Gasteiger partial charge on any atom is -0.160 e. The third kappa shape index (κ3) is 4.77. The average molecular weight is 240 g/mol. The summed E-state index contributed by atoms with van der Waals surface area (Å²) >= 11 is 5.64. The Kier molecular flexibility index (Phi) is 4.13. The van der Waals surface area contributed by atoms with E-state index < -0.39 is 5.51 Å². The Hall–Kier alpha value is -0.350. The minimum absolute atomic E-state index is 0.000340. The zero-order valence-corrected chi connectivity index (χ0v) is 8.64. The summed E-state index contributed by atoms with van der Waals surface area (Å²) in [6, 6.07) is 7.70. The lowest BCUT2D eigenvalue weighted by molar-refractivity contribution is -0.0327. The first kappa shape index (κ1) is 11.7. The summed E-state index contributed by atoms with van der Waals surface area (Å²) < 4.78 is 35.3. The largest absolute Gasteiger partial charge is 0.441 e. The van der Waals surface area contributed by atoms with E-state index in [0.29, 0.717) is 17.0 Å². The van der Waals surface area contributed by atoms with Crippen molar-refractivity contribution in [3.8, 4) is 0 Å². The number of hydrogen-bond acceptors (Lipinski definition) is 1. The van der Waals surface area contributed by atoms with Crippen molar-refractivity contribution in [1.29, 1.82) is 0 Å². The van der Waals surface area contributed by atoms with Crippen LogP contribution in [-0.2, 0) is 6.42 Å². The molecule has 0 spiro atoms. The van der Waals surface area contributed by atoms with Crippen LogP contribution < -0.4 is 0 Å². The lowest BCUT2D eigenvalue weighted by atomic mass is 10.2. The number of alkyl halides is 3. The summed E-state index contributed by atoms with van der Waals surface area (Å²) in [5, 5.41) is 0.524. The van der Waals surface area contributed by atoms with Gasteiger partial charge >= 0.3 is 5.51 Å². The van der Waals surface area contributed by atoms with Gasteiger partial charge in [-0.1, -0.05) is 29.4 Å². The van der Waals surface area contributed by atoms with E-state index in [-0.39, 0.29) is 17.5 Å². The maximum Gasteiger partial charge on any atom is 0.441 e. The van der Waals surface area contributed by atoms with Crippen LogP contribution in [-0.4, -0.2) is 11.3 Å². The van der Waals surface area contributed by atoms with E-state index in [4.69, 9.17) is 11.6 Å². The van der Waals surface area contributed by atoms with E-state index in [2.05, 4.69) is 6.07 Å². The summed E-state index contributed by atoms with van der Waals surface area (Å²) in [4.78, 5) is 0. The fourth-order valence-corrected chi connectivity index (χ4v) is 1.65. The highest BCUT2D eigenvalue weighted by Crippen LogP contribution is 2.30. The molecular formula is C9H7ClF3S. The molecular weight excluding hydrogens is 233 g/mol. The second-order valence-electron chi connectivity index (χ2n) is 2.58. The van der Waals surface area contributed by atoms with Gasteiger partial charge in [0.15, 0.2) is 0 Å². The molecule has 0 aliphatic carbocycles. The lowest BCUT2D eigenvalue weighted by Gasteiger charge is -2.05. The molecule has 0 amide bonds. The van der Waals surface area contributed by atoms with Crippen molar-refractivity contribution in [1.82, 2.24) is 0 Å². The topological polar surface area (TPSA) is 0 Å². The Morgan fingerprint density at radius 1 is 1.43 bits per heavy atom. The zero-order chi connectivity index (χ0) is 10.6. The van der Waals surface area contributed by atoms with Gasteiger partial charge in [-0.25, -0.2) is 0 Å². The first-order valence-corrected chi connectivity index (χ1v) is 5.20. The predicted molar refractivity (Wildman–Crippen MR) is 52.5 cm³/mol. The predicted octanol–water partition coefficient (Wildman–Crippen LogP) is 3.94. The highest BCUT2D eigenvalue weighted by atomic mass is 35.5. The van der Waals surface area contributed by atoms with Crippen LogP contribution in [0.25, 0.3) is 0 Å². The third-order valence-corrected chi connectivity index (χ3v) is 2.43. The Morgan fingerprint density at radius 3 is 2.71 bits per heavy atom. The van der Waals surface area contributed by atoms with Gasteiger partial charge in [-0.2, -0.15) is 13.2 Å². The molecule has 0 aliphatic heterocycles. The Morgan fingerprint density at radius 2 is 2.14 bits per heavy atom. The number of aryl methyl sites for hydroxylation is 1. The van der Waals surface area contributed by atoms with E-state index in [0.717, 1.165) is 0 Å². The SMILES string of the molecule is FC(F)(F)SCCc1[c]ccc(Cl)c1. The molecule has 14 heavy (non-hydrogen) atoms. The van der Waals surface area contributed by atoms with Crippen LogP contribution in [0.3, 0.4) is 0 Å². The van der Waals surface area contributed by atoms with E-state index >= 15 is 0 Å². The van der Waals surface area contributed by atoms with Crippen molar-refractivity contribution in [2.75, 3.05) is 5.75 Å². The van der Waals surface area contributed by atoms with Crippen LogP contribution in [0, 0.1) is 6.07 Å². The maximum absolute atomic E-state index is 11.8. The van der Waals surface area contributed by atoms with Gasteiger partial charge in [-0.15, -0.1) is 0 Å². The zero-order valence-electron chi connectivity index (χ0n) is 7.07. The van der Waals surface area contributed by atoms with E-state index in [9.17, 15) is 13.2 Å². The Balaban J connectivity index is 2.39. The molecule has 5 heteroatoms. The molecule has 0 bridgehead atoms. The van der Waals surface area contributed by atoms with Crippen LogP contribution in [0.4, 0.5) is 13.2 Å². The number of halogens is 4. The van der Waals surface area contributed by atoms with Crippen LogP contribution in [0.1, 0.15) is 5.56 Å². The van der Waals surface area contributed by atoms with Crippen molar-refractivity contribution in [2.45, 2.75) is 11.9 Å². The summed E-state index contributed by atoms with van der Waals surface area (Å²) in [5.74, 6) is 0.000340. The molecule has 0 heterocycles. The normalized spacial score (nSPS) is 11.7. The first-order chi connectivity index (χ1) is 6.47. The van der Waals surface area contributed by atoms with Gasteiger partial charge in [0.2, 0.25) is 0 Å². The monoisotopic (exact) mass is 239 g/mol. The number of hydrogen-bond donors (Lipinski definition) is 0. The molecule has 0 saturated carbocycles.